The Hall–Kier alpha value is 0.00948. The number of hydrogen-bond donors (Lipinski definition) is 0. The van der Waals surface area contributed by atoms with Gasteiger partial charge in [0.05, 0.1) is 0 Å². The van der Waals surface area contributed by atoms with E-state index in [0.717, 1.165) is 52.6 Å². The Morgan fingerprint density at radius 1 is 0.800 bits per heavy atom. The van der Waals surface area contributed by atoms with Crippen LogP contribution in [0.25, 0.3) is 0 Å². The van der Waals surface area contributed by atoms with Gasteiger partial charge in [-0.05, 0) is 0 Å². The number of benzene rings is 1. The molecule has 0 amide bonds. The van der Waals surface area contributed by atoms with E-state index in [9.17, 15) is 0 Å². The SMILES string of the molecule is [Se]=P(c1ccccc1)(N1CCOCC1)N1CCOCC1. The van der Waals surface area contributed by atoms with Crippen LogP contribution in [0.2, 0.25) is 0 Å². The summed E-state index contributed by atoms with van der Waals surface area (Å²) in [6.45, 7) is 7.36. The summed E-state index contributed by atoms with van der Waals surface area (Å²) in [5.74, 6) is -1.59. The topological polar surface area (TPSA) is 24.9 Å². The van der Waals surface area contributed by atoms with E-state index < -0.39 is 5.81 Å². The zero-order chi connectivity index (χ0) is 13.8. The van der Waals surface area contributed by atoms with E-state index in [1.165, 1.54) is 5.30 Å². The monoisotopic (exact) mass is 360 g/mol. The molecule has 3 rings (SSSR count). The normalized spacial score (nSPS) is 22.8. The molecule has 0 unspecified atom stereocenters. The van der Waals surface area contributed by atoms with Gasteiger partial charge >= 0.3 is 128 Å². The third-order valence-corrected chi connectivity index (χ3v) is 11.4. The van der Waals surface area contributed by atoms with Crippen molar-refractivity contribution in [3.05, 3.63) is 30.3 Å². The van der Waals surface area contributed by atoms with Crippen LogP contribution in [0.1, 0.15) is 0 Å². The van der Waals surface area contributed by atoms with Gasteiger partial charge in [0.1, 0.15) is 0 Å². The van der Waals surface area contributed by atoms with Crippen molar-refractivity contribution < 1.29 is 9.47 Å². The molecule has 2 fully saturated rings. The van der Waals surface area contributed by atoms with Crippen LogP contribution in [0.5, 0.6) is 0 Å². The van der Waals surface area contributed by atoms with Crippen LogP contribution in [0.4, 0.5) is 0 Å². The Balaban J connectivity index is 1.95. The summed E-state index contributed by atoms with van der Waals surface area (Å²) in [6, 6.07) is 10.9. The van der Waals surface area contributed by atoms with Crippen molar-refractivity contribution >= 4 is 26.2 Å². The maximum absolute atomic E-state index is 5.54. The molecule has 0 aliphatic carbocycles. The van der Waals surface area contributed by atoms with Gasteiger partial charge in [-0.2, -0.15) is 0 Å². The van der Waals surface area contributed by atoms with E-state index in [4.69, 9.17) is 9.47 Å². The number of rotatable bonds is 3. The van der Waals surface area contributed by atoms with E-state index in [0.29, 0.717) is 0 Å². The summed E-state index contributed by atoms with van der Waals surface area (Å²) < 4.78 is 16.3. The van der Waals surface area contributed by atoms with Gasteiger partial charge in [0.25, 0.3) is 0 Å². The summed E-state index contributed by atoms with van der Waals surface area (Å²) in [4.78, 5) is 0. The molecule has 1 aromatic carbocycles. The second-order valence-corrected chi connectivity index (χ2v) is 11.0. The second kappa shape index (κ2) is 6.85. The molecule has 2 heterocycles. The summed E-state index contributed by atoms with van der Waals surface area (Å²) in [5, 5.41) is 1.42. The standard InChI is InChI=1S/C14H21N2O2PSe/c20-19(14-4-2-1-3-5-14,15-6-10-17-11-7-15)16-8-12-18-13-9-16/h1-5H,6-13H2. The average Bonchev–Trinajstić information content (AvgIpc) is 2.56. The molecule has 20 heavy (non-hydrogen) atoms. The zero-order valence-electron chi connectivity index (χ0n) is 11.6. The molecule has 0 radical (unpaired) electrons. The van der Waals surface area contributed by atoms with Crippen molar-refractivity contribution in [1.29, 1.82) is 0 Å². The first-order chi connectivity index (χ1) is 9.82. The molecule has 2 aliphatic heterocycles. The van der Waals surface area contributed by atoms with Gasteiger partial charge in [-0.1, -0.05) is 0 Å². The molecule has 0 spiro atoms. The fraction of sp³-hybridized carbons (Fsp3) is 0.571. The predicted octanol–water partition coefficient (Wildman–Crippen LogP) is 0.907. The molecular weight excluding hydrogens is 338 g/mol. The molecular formula is C14H21N2O2PSe. The quantitative estimate of drug-likeness (QED) is 0.592. The first-order valence-electron chi connectivity index (χ1n) is 7.14. The van der Waals surface area contributed by atoms with Crippen molar-refractivity contribution in [1.82, 2.24) is 9.34 Å². The molecule has 0 aromatic heterocycles. The van der Waals surface area contributed by atoms with Crippen molar-refractivity contribution in [2.75, 3.05) is 52.6 Å². The number of hydrogen-bond acceptors (Lipinski definition) is 4. The second-order valence-electron chi connectivity index (χ2n) is 5.01. The fourth-order valence-electron chi connectivity index (χ4n) is 2.78. The van der Waals surface area contributed by atoms with Crippen molar-refractivity contribution in [2.24, 2.45) is 0 Å². The fourth-order valence-corrected chi connectivity index (χ4v) is 8.58. The summed E-state index contributed by atoms with van der Waals surface area (Å²) in [6.07, 6.45) is 0. The minimum atomic E-state index is -1.59. The van der Waals surface area contributed by atoms with Gasteiger partial charge in [0.2, 0.25) is 0 Å². The summed E-state index contributed by atoms with van der Waals surface area (Å²) >= 11 is 3.60. The van der Waals surface area contributed by atoms with E-state index >= 15 is 0 Å². The predicted molar refractivity (Wildman–Crippen MR) is 83.5 cm³/mol. The molecule has 0 bridgehead atoms. The van der Waals surface area contributed by atoms with Crippen LogP contribution in [0, 0.1) is 0 Å². The van der Waals surface area contributed by atoms with Gasteiger partial charge in [0, 0.05) is 0 Å². The van der Waals surface area contributed by atoms with Crippen LogP contribution in [0.3, 0.4) is 0 Å². The zero-order valence-corrected chi connectivity index (χ0v) is 14.2. The number of nitrogens with zero attached hydrogens (tertiary/aromatic N) is 2. The van der Waals surface area contributed by atoms with Crippen LogP contribution < -0.4 is 5.30 Å². The summed E-state index contributed by atoms with van der Waals surface area (Å²) in [5.41, 5.74) is 0. The van der Waals surface area contributed by atoms with Gasteiger partial charge in [-0.15, -0.1) is 0 Å². The number of morpholine rings is 2. The molecule has 110 valence electrons. The van der Waals surface area contributed by atoms with Crippen molar-refractivity contribution in [2.45, 2.75) is 0 Å². The van der Waals surface area contributed by atoms with Crippen LogP contribution in [0.15, 0.2) is 30.3 Å². The van der Waals surface area contributed by atoms with E-state index in [2.05, 4.69) is 54.8 Å². The molecule has 2 saturated heterocycles. The Bertz CT molecular complexity index is 451. The van der Waals surface area contributed by atoms with E-state index in [-0.39, 0.29) is 0 Å². The third-order valence-electron chi connectivity index (χ3n) is 3.83. The molecule has 0 atom stereocenters. The Labute approximate surface area is 128 Å². The molecule has 4 nitrogen and oxygen atoms in total. The van der Waals surface area contributed by atoms with Crippen molar-refractivity contribution in [3.63, 3.8) is 0 Å². The molecule has 2 aliphatic rings. The maximum atomic E-state index is 5.54. The molecule has 0 N–H and O–H groups in total. The summed E-state index contributed by atoms with van der Waals surface area (Å²) in [7, 11) is 0. The minimum absolute atomic E-state index is 0.834. The molecule has 6 heteroatoms. The Morgan fingerprint density at radius 2 is 1.25 bits per heavy atom. The van der Waals surface area contributed by atoms with Crippen LogP contribution in [-0.4, -0.2) is 77.0 Å². The first kappa shape index (κ1) is 14.9. The molecule has 0 saturated carbocycles. The van der Waals surface area contributed by atoms with E-state index in [1.54, 1.807) is 0 Å². The first-order valence-corrected chi connectivity index (χ1v) is 11.0. The van der Waals surface area contributed by atoms with Crippen LogP contribution in [-0.2, 0) is 9.47 Å². The van der Waals surface area contributed by atoms with Gasteiger partial charge < -0.3 is 0 Å². The third kappa shape index (κ3) is 2.95. The Morgan fingerprint density at radius 3 is 1.70 bits per heavy atom. The van der Waals surface area contributed by atoms with Crippen LogP contribution >= 0.6 is 5.81 Å². The Kier molecular flexibility index (Phi) is 5.11. The van der Waals surface area contributed by atoms with Gasteiger partial charge in [-0.25, -0.2) is 0 Å². The average molecular weight is 359 g/mol. The molecule has 1 aromatic rings. The van der Waals surface area contributed by atoms with E-state index in [1.807, 2.05) is 0 Å². The van der Waals surface area contributed by atoms with Crippen molar-refractivity contribution in [3.8, 4) is 0 Å². The van der Waals surface area contributed by atoms with Gasteiger partial charge in [-0.3, -0.25) is 0 Å². The number of ether oxygens (including phenoxy) is 2. The van der Waals surface area contributed by atoms with Gasteiger partial charge in [0.15, 0.2) is 0 Å².